The van der Waals surface area contributed by atoms with E-state index in [0.29, 0.717) is 22.2 Å². The maximum absolute atomic E-state index is 14.3. The van der Waals surface area contributed by atoms with Crippen molar-refractivity contribution < 1.29 is 18.7 Å². The van der Waals surface area contributed by atoms with Crippen LogP contribution in [0.5, 0.6) is 11.5 Å². The van der Waals surface area contributed by atoms with Crippen molar-refractivity contribution in [3.63, 3.8) is 0 Å². The summed E-state index contributed by atoms with van der Waals surface area (Å²) in [6.07, 6.45) is 0. The van der Waals surface area contributed by atoms with E-state index in [0.717, 1.165) is 4.68 Å². The summed E-state index contributed by atoms with van der Waals surface area (Å²) in [7, 11) is 2.89. The maximum Gasteiger partial charge on any atom is 0.267 e. The molecule has 0 spiro atoms. The third-order valence-corrected chi connectivity index (χ3v) is 4.28. The van der Waals surface area contributed by atoms with Crippen molar-refractivity contribution in [2.24, 2.45) is 0 Å². The summed E-state index contributed by atoms with van der Waals surface area (Å²) in [5.74, 6) is -0.311. The van der Waals surface area contributed by atoms with Gasteiger partial charge in [0, 0.05) is 22.7 Å². The Morgan fingerprint density at radius 2 is 1.93 bits per heavy atom. The highest BCUT2D eigenvalue weighted by molar-refractivity contribution is 6.31. The number of amides is 1. The zero-order valence-electron chi connectivity index (χ0n) is 15.6. The Morgan fingerprint density at radius 3 is 2.62 bits per heavy atom. The Bertz CT molecular complexity index is 1120. The van der Waals surface area contributed by atoms with Crippen LogP contribution in [0, 0.1) is 5.82 Å². The fourth-order valence-corrected chi connectivity index (χ4v) is 2.81. The van der Waals surface area contributed by atoms with Crippen LogP contribution in [0.15, 0.2) is 53.3 Å². The minimum absolute atomic E-state index is 0.177. The van der Waals surface area contributed by atoms with Gasteiger partial charge in [-0.2, -0.15) is 5.10 Å². The minimum Gasteiger partial charge on any atom is -0.497 e. The molecule has 29 heavy (non-hydrogen) atoms. The maximum atomic E-state index is 14.3. The molecule has 0 unspecified atom stereocenters. The van der Waals surface area contributed by atoms with Gasteiger partial charge in [-0.1, -0.05) is 11.6 Å². The molecule has 2 aromatic carbocycles. The van der Waals surface area contributed by atoms with Gasteiger partial charge in [0.15, 0.2) is 0 Å². The molecule has 9 heteroatoms. The number of nitrogens with zero attached hydrogens (tertiary/aromatic N) is 2. The Labute approximate surface area is 170 Å². The average Bonchev–Trinajstić information content (AvgIpc) is 2.70. The van der Waals surface area contributed by atoms with Crippen molar-refractivity contribution in [1.29, 1.82) is 0 Å². The summed E-state index contributed by atoms with van der Waals surface area (Å²) in [6, 6.07) is 11.6. The second-order valence-electron chi connectivity index (χ2n) is 5.95. The molecule has 7 nitrogen and oxygen atoms in total. The summed E-state index contributed by atoms with van der Waals surface area (Å²) in [4.78, 5) is 24.5. The first-order valence-corrected chi connectivity index (χ1v) is 8.84. The average molecular weight is 418 g/mol. The van der Waals surface area contributed by atoms with E-state index in [1.807, 2.05) is 0 Å². The summed E-state index contributed by atoms with van der Waals surface area (Å²) in [5, 5.41) is 7.14. The number of carbonyl (C=O) groups excluding carboxylic acids is 1. The monoisotopic (exact) mass is 417 g/mol. The SMILES string of the molecule is COc1ccc(-c2ccc(=O)n(CC(=O)Nc3cc(Cl)ccc3OC)n2)c(F)c1. The molecule has 0 radical (unpaired) electrons. The number of rotatable bonds is 6. The first-order valence-electron chi connectivity index (χ1n) is 8.46. The van der Waals surface area contributed by atoms with E-state index in [-0.39, 0.29) is 17.8 Å². The van der Waals surface area contributed by atoms with Crippen LogP contribution in [0.3, 0.4) is 0 Å². The molecular formula is C20H17ClFN3O4. The standard InChI is InChI=1S/C20H17ClFN3O4/c1-28-13-4-5-14(15(22)10-13)16-6-8-20(27)25(24-16)11-19(26)23-17-9-12(21)3-7-18(17)29-2/h3-10H,11H2,1-2H3,(H,23,26). The van der Waals surface area contributed by atoms with Gasteiger partial charge in [-0.15, -0.1) is 0 Å². The number of hydrogen-bond acceptors (Lipinski definition) is 5. The number of ether oxygens (including phenoxy) is 2. The van der Waals surface area contributed by atoms with Crippen LogP contribution in [-0.4, -0.2) is 29.9 Å². The quantitative estimate of drug-likeness (QED) is 0.665. The van der Waals surface area contributed by atoms with Crippen molar-refractivity contribution in [2.45, 2.75) is 6.54 Å². The van der Waals surface area contributed by atoms with Gasteiger partial charge in [0.25, 0.3) is 5.56 Å². The van der Waals surface area contributed by atoms with Gasteiger partial charge in [0.1, 0.15) is 23.9 Å². The smallest absolute Gasteiger partial charge is 0.267 e. The van der Waals surface area contributed by atoms with Gasteiger partial charge in [0.2, 0.25) is 5.91 Å². The van der Waals surface area contributed by atoms with E-state index >= 15 is 0 Å². The van der Waals surface area contributed by atoms with Crippen LogP contribution < -0.4 is 20.3 Å². The highest BCUT2D eigenvalue weighted by atomic mass is 35.5. The number of halogens is 2. The molecule has 0 aliphatic heterocycles. The molecule has 0 saturated heterocycles. The number of carbonyl (C=O) groups is 1. The second-order valence-corrected chi connectivity index (χ2v) is 6.39. The first-order chi connectivity index (χ1) is 13.9. The summed E-state index contributed by atoms with van der Waals surface area (Å²) in [6.45, 7) is -0.375. The van der Waals surface area contributed by atoms with E-state index in [2.05, 4.69) is 10.4 Å². The van der Waals surface area contributed by atoms with Crippen molar-refractivity contribution in [1.82, 2.24) is 9.78 Å². The Kier molecular flexibility index (Phi) is 6.13. The molecule has 1 amide bonds. The zero-order chi connectivity index (χ0) is 21.0. The van der Waals surface area contributed by atoms with Crippen LogP contribution in [0.25, 0.3) is 11.3 Å². The Morgan fingerprint density at radius 1 is 1.14 bits per heavy atom. The van der Waals surface area contributed by atoms with Gasteiger partial charge in [0.05, 0.1) is 25.6 Å². The normalized spacial score (nSPS) is 10.5. The largest absolute Gasteiger partial charge is 0.497 e. The lowest BCUT2D eigenvalue weighted by atomic mass is 10.1. The van der Waals surface area contributed by atoms with Gasteiger partial charge < -0.3 is 14.8 Å². The van der Waals surface area contributed by atoms with Gasteiger partial charge in [-0.25, -0.2) is 9.07 Å². The molecule has 0 bridgehead atoms. The van der Waals surface area contributed by atoms with Gasteiger partial charge in [-0.3, -0.25) is 9.59 Å². The van der Waals surface area contributed by atoms with E-state index in [1.54, 1.807) is 18.2 Å². The Hall–Kier alpha value is -3.39. The number of anilines is 1. The lowest BCUT2D eigenvalue weighted by molar-refractivity contribution is -0.117. The highest BCUT2D eigenvalue weighted by Crippen LogP contribution is 2.27. The molecule has 150 valence electrons. The van der Waals surface area contributed by atoms with Crippen molar-refractivity contribution in [2.75, 3.05) is 19.5 Å². The highest BCUT2D eigenvalue weighted by Gasteiger charge is 2.13. The predicted octanol–water partition coefficient (Wildman–Crippen LogP) is 3.36. The lowest BCUT2D eigenvalue weighted by Crippen LogP contribution is -2.29. The topological polar surface area (TPSA) is 82.5 Å². The third-order valence-electron chi connectivity index (χ3n) is 4.05. The number of methoxy groups -OCH3 is 2. The number of aromatic nitrogens is 2. The second kappa shape index (κ2) is 8.74. The van der Waals surface area contributed by atoms with Gasteiger partial charge in [-0.05, 0) is 36.4 Å². The first kappa shape index (κ1) is 20.3. The molecule has 3 rings (SSSR count). The van der Waals surface area contributed by atoms with E-state index < -0.39 is 17.3 Å². The Balaban J connectivity index is 1.85. The van der Waals surface area contributed by atoms with E-state index in [4.69, 9.17) is 21.1 Å². The van der Waals surface area contributed by atoms with Crippen molar-refractivity contribution >= 4 is 23.2 Å². The molecule has 1 aromatic heterocycles. The van der Waals surface area contributed by atoms with E-state index in [9.17, 15) is 14.0 Å². The van der Waals surface area contributed by atoms with Crippen LogP contribution >= 0.6 is 11.6 Å². The number of hydrogen-bond donors (Lipinski definition) is 1. The molecule has 0 saturated carbocycles. The van der Waals surface area contributed by atoms with Crippen LogP contribution in [0.1, 0.15) is 0 Å². The molecule has 0 aliphatic carbocycles. The molecule has 3 aromatic rings. The van der Waals surface area contributed by atoms with E-state index in [1.165, 1.54) is 44.6 Å². The fraction of sp³-hybridized carbons (Fsp3) is 0.150. The third kappa shape index (κ3) is 4.72. The summed E-state index contributed by atoms with van der Waals surface area (Å²) >= 11 is 5.95. The summed E-state index contributed by atoms with van der Waals surface area (Å²) < 4.78 is 25.4. The number of nitrogens with one attached hydrogen (secondary N) is 1. The van der Waals surface area contributed by atoms with Crippen LogP contribution in [0.4, 0.5) is 10.1 Å². The molecule has 0 atom stereocenters. The van der Waals surface area contributed by atoms with Crippen LogP contribution in [0.2, 0.25) is 5.02 Å². The molecule has 1 heterocycles. The number of benzene rings is 2. The van der Waals surface area contributed by atoms with Crippen LogP contribution in [-0.2, 0) is 11.3 Å². The zero-order valence-corrected chi connectivity index (χ0v) is 16.4. The van der Waals surface area contributed by atoms with Crippen molar-refractivity contribution in [3.05, 3.63) is 69.7 Å². The lowest BCUT2D eigenvalue weighted by Gasteiger charge is -2.12. The summed E-state index contributed by atoms with van der Waals surface area (Å²) in [5.41, 5.74) is 0.237. The molecule has 0 aliphatic rings. The predicted molar refractivity (Wildman–Crippen MR) is 107 cm³/mol. The fourth-order valence-electron chi connectivity index (χ4n) is 2.64. The molecule has 0 fully saturated rings. The van der Waals surface area contributed by atoms with Crippen molar-refractivity contribution in [3.8, 4) is 22.8 Å². The minimum atomic E-state index is -0.560. The molecular weight excluding hydrogens is 401 g/mol. The van der Waals surface area contributed by atoms with Gasteiger partial charge >= 0.3 is 0 Å². The molecule has 1 N–H and O–H groups in total.